The minimum Gasteiger partial charge on any atom is -0.486 e. The Morgan fingerprint density at radius 3 is 2.47 bits per heavy atom. The molecule has 1 aliphatic carbocycles. The first-order valence-electron chi connectivity index (χ1n) is 10.4. The third-order valence-electron chi connectivity index (χ3n) is 6.21. The monoisotopic (exact) mass is 434 g/mol. The number of ketones is 1. The van der Waals surface area contributed by atoms with Crippen LogP contribution in [0.25, 0.3) is 11.1 Å². The maximum absolute atomic E-state index is 13.8. The molecule has 3 aromatic rings. The van der Waals surface area contributed by atoms with Gasteiger partial charge in [0.1, 0.15) is 34.4 Å². The van der Waals surface area contributed by atoms with E-state index in [0.29, 0.717) is 17.7 Å². The van der Waals surface area contributed by atoms with Gasteiger partial charge in [-0.2, -0.15) is 0 Å². The van der Waals surface area contributed by atoms with Gasteiger partial charge in [-0.25, -0.2) is 13.8 Å². The number of nitrogens with one attached hydrogen (secondary N) is 1. The number of carbonyl (C=O) groups excluding carboxylic acids is 2. The molecular weight excluding hydrogens is 414 g/mol. The van der Waals surface area contributed by atoms with Gasteiger partial charge in [-0.3, -0.25) is 9.59 Å². The molecule has 2 heterocycles. The highest BCUT2D eigenvalue weighted by Gasteiger charge is 2.45. The van der Waals surface area contributed by atoms with Crippen LogP contribution in [0, 0.1) is 18.6 Å². The highest BCUT2D eigenvalue weighted by molar-refractivity contribution is 6.04. The molecule has 1 aliphatic heterocycles. The lowest BCUT2D eigenvalue weighted by atomic mass is 9.74. The number of halogens is 2. The molecule has 1 N–H and O–H groups in total. The highest BCUT2D eigenvalue weighted by Crippen LogP contribution is 2.46. The van der Waals surface area contributed by atoms with E-state index in [0.717, 1.165) is 48.1 Å². The molecule has 1 saturated carbocycles. The van der Waals surface area contributed by atoms with Crippen LogP contribution in [-0.2, 0) is 0 Å². The fourth-order valence-electron chi connectivity index (χ4n) is 4.33. The van der Waals surface area contributed by atoms with E-state index >= 15 is 0 Å². The lowest BCUT2D eigenvalue weighted by molar-refractivity contribution is -0.0177. The standard InChI is InChI=1S/C25H20F2N2O3/c1-14-10-17-20(30)12-25(8-3-9-25)32-21(17)11-16(14)15-6-7-22(28-13-15)29-24(31)23-18(26)4-2-5-19(23)27/h2,4-7,10-11,13H,3,8-9,12H2,1H3,(H,28,29,31). The fourth-order valence-corrected chi connectivity index (χ4v) is 4.33. The van der Waals surface area contributed by atoms with E-state index in [9.17, 15) is 18.4 Å². The van der Waals surface area contributed by atoms with Gasteiger partial charge in [0.2, 0.25) is 0 Å². The van der Waals surface area contributed by atoms with E-state index < -0.39 is 23.1 Å². The Morgan fingerprint density at radius 1 is 1.09 bits per heavy atom. The quantitative estimate of drug-likeness (QED) is 0.593. The Morgan fingerprint density at radius 2 is 1.84 bits per heavy atom. The number of aromatic nitrogens is 1. The number of hydrogen-bond donors (Lipinski definition) is 1. The summed E-state index contributed by atoms with van der Waals surface area (Å²) in [6.07, 6.45) is 4.83. The Kier molecular flexibility index (Phi) is 4.77. The SMILES string of the molecule is Cc1cc2c(cc1-c1ccc(NC(=O)c3c(F)cccc3F)nc1)OC1(CCC1)CC2=O. The average molecular weight is 434 g/mol. The van der Waals surface area contributed by atoms with E-state index in [4.69, 9.17) is 4.74 Å². The van der Waals surface area contributed by atoms with Gasteiger partial charge in [-0.05, 0) is 73.7 Å². The minimum absolute atomic E-state index is 0.108. The van der Waals surface area contributed by atoms with Crippen LogP contribution in [0.1, 0.15) is 52.0 Å². The van der Waals surface area contributed by atoms with Gasteiger partial charge >= 0.3 is 0 Å². The zero-order valence-electron chi connectivity index (χ0n) is 17.4. The number of amides is 1. The summed E-state index contributed by atoms with van der Waals surface area (Å²) < 4.78 is 33.9. The van der Waals surface area contributed by atoms with Gasteiger partial charge in [-0.1, -0.05) is 6.07 Å². The number of anilines is 1. The number of benzene rings is 2. The predicted molar refractivity (Wildman–Crippen MR) is 115 cm³/mol. The summed E-state index contributed by atoms with van der Waals surface area (Å²) in [6, 6.07) is 10.3. The van der Waals surface area contributed by atoms with Crippen LogP contribution in [0.4, 0.5) is 14.6 Å². The normalized spacial score (nSPS) is 16.2. The van der Waals surface area contributed by atoms with Gasteiger partial charge in [0.15, 0.2) is 5.78 Å². The number of rotatable bonds is 3. The number of Topliss-reactive ketones (excluding diaryl/α,β-unsaturated/α-hetero) is 1. The number of hydrogen-bond acceptors (Lipinski definition) is 4. The van der Waals surface area contributed by atoms with Crippen molar-refractivity contribution in [3.8, 4) is 16.9 Å². The first kappa shape index (κ1) is 20.3. The van der Waals surface area contributed by atoms with Crippen molar-refractivity contribution in [2.45, 2.75) is 38.2 Å². The minimum atomic E-state index is -0.942. The molecule has 0 saturated heterocycles. The summed E-state index contributed by atoms with van der Waals surface area (Å²) >= 11 is 0. The van der Waals surface area contributed by atoms with E-state index in [-0.39, 0.29) is 17.2 Å². The van der Waals surface area contributed by atoms with Crippen LogP contribution < -0.4 is 10.1 Å². The predicted octanol–water partition coefficient (Wildman–Crippen LogP) is 5.48. The smallest absolute Gasteiger partial charge is 0.262 e. The molecule has 0 atom stereocenters. The number of nitrogens with zero attached hydrogens (tertiary/aromatic N) is 1. The molecule has 5 nitrogen and oxygen atoms in total. The average Bonchev–Trinajstić information content (AvgIpc) is 2.73. The number of carbonyl (C=O) groups is 2. The Labute approximate surface area is 183 Å². The van der Waals surface area contributed by atoms with Crippen LogP contribution >= 0.6 is 0 Å². The van der Waals surface area contributed by atoms with Gasteiger partial charge < -0.3 is 10.1 Å². The molecule has 0 radical (unpaired) electrons. The van der Waals surface area contributed by atoms with E-state index in [1.165, 1.54) is 6.07 Å². The van der Waals surface area contributed by atoms with E-state index in [1.54, 1.807) is 18.3 Å². The lowest BCUT2D eigenvalue weighted by Gasteiger charge is -2.44. The third kappa shape index (κ3) is 3.43. The van der Waals surface area contributed by atoms with Crippen molar-refractivity contribution in [2.24, 2.45) is 0 Å². The molecule has 2 aromatic carbocycles. The Bertz CT molecular complexity index is 1230. The maximum Gasteiger partial charge on any atom is 0.262 e. The first-order valence-corrected chi connectivity index (χ1v) is 10.4. The number of ether oxygens (including phenoxy) is 1. The molecule has 1 aromatic heterocycles. The van der Waals surface area contributed by atoms with Crippen LogP contribution in [0.3, 0.4) is 0 Å². The Hall–Kier alpha value is -3.61. The summed E-state index contributed by atoms with van der Waals surface area (Å²) in [6.45, 7) is 1.91. The van der Waals surface area contributed by atoms with Crippen molar-refractivity contribution in [2.75, 3.05) is 5.32 Å². The zero-order chi connectivity index (χ0) is 22.5. The largest absolute Gasteiger partial charge is 0.486 e. The van der Waals surface area contributed by atoms with E-state index in [2.05, 4.69) is 10.3 Å². The van der Waals surface area contributed by atoms with Crippen LogP contribution in [0.15, 0.2) is 48.7 Å². The molecule has 32 heavy (non-hydrogen) atoms. The number of fused-ring (bicyclic) bond motifs is 1. The van der Waals surface area contributed by atoms with Crippen LogP contribution in [-0.4, -0.2) is 22.3 Å². The molecule has 0 bridgehead atoms. The second-order valence-electron chi connectivity index (χ2n) is 8.38. The van der Waals surface area contributed by atoms with Crippen LogP contribution in [0.5, 0.6) is 5.75 Å². The summed E-state index contributed by atoms with van der Waals surface area (Å²) in [4.78, 5) is 29.1. The molecule has 2 aliphatic rings. The van der Waals surface area contributed by atoms with Gasteiger partial charge in [0.05, 0.1) is 12.0 Å². The lowest BCUT2D eigenvalue weighted by Crippen LogP contribution is -2.47. The van der Waals surface area contributed by atoms with Crippen molar-refractivity contribution < 1.29 is 23.1 Å². The number of pyridine rings is 1. The summed E-state index contributed by atoms with van der Waals surface area (Å²) in [7, 11) is 0. The van der Waals surface area contributed by atoms with Crippen LogP contribution in [0.2, 0.25) is 0 Å². The molecule has 7 heteroatoms. The second-order valence-corrected chi connectivity index (χ2v) is 8.38. The molecule has 1 spiro atoms. The van der Waals surface area contributed by atoms with Crippen molar-refractivity contribution in [1.82, 2.24) is 4.98 Å². The molecule has 162 valence electrons. The molecule has 1 fully saturated rings. The Balaban J connectivity index is 1.40. The number of aryl methyl sites for hydroxylation is 1. The van der Waals surface area contributed by atoms with Crippen molar-refractivity contribution in [3.05, 3.63) is 77.0 Å². The van der Waals surface area contributed by atoms with Gasteiger partial charge in [-0.15, -0.1) is 0 Å². The molecule has 0 unspecified atom stereocenters. The van der Waals surface area contributed by atoms with Crippen molar-refractivity contribution in [3.63, 3.8) is 0 Å². The van der Waals surface area contributed by atoms with E-state index in [1.807, 2.05) is 19.1 Å². The van der Waals surface area contributed by atoms with Crippen molar-refractivity contribution in [1.29, 1.82) is 0 Å². The topological polar surface area (TPSA) is 68.3 Å². The second kappa shape index (κ2) is 7.51. The maximum atomic E-state index is 13.8. The van der Waals surface area contributed by atoms with Gasteiger partial charge in [0, 0.05) is 11.8 Å². The van der Waals surface area contributed by atoms with Gasteiger partial charge in [0.25, 0.3) is 5.91 Å². The highest BCUT2D eigenvalue weighted by atomic mass is 19.1. The fraction of sp³-hybridized carbons (Fsp3) is 0.240. The zero-order valence-corrected chi connectivity index (χ0v) is 17.4. The van der Waals surface area contributed by atoms with Crippen molar-refractivity contribution >= 4 is 17.5 Å². The molecule has 1 amide bonds. The first-order chi connectivity index (χ1) is 15.3. The summed E-state index contributed by atoms with van der Waals surface area (Å²) in [5.74, 6) is -1.93. The molecule has 5 rings (SSSR count). The third-order valence-corrected chi connectivity index (χ3v) is 6.21. The molecular formula is C25H20F2N2O3. The summed E-state index contributed by atoms with van der Waals surface area (Å²) in [5.41, 5.74) is 2.12. The summed E-state index contributed by atoms with van der Waals surface area (Å²) in [5, 5.41) is 2.42.